The molecule has 0 radical (unpaired) electrons. The lowest BCUT2D eigenvalue weighted by Gasteiger charge is -2.36. The summed E-state index contributed by atoms with van der Waals surface area (Å²) < 4.78 is 0. The van der Waals surface area contributed by atoms with Crippen molar-refractivity contribution in [3.8, 4) is 0 Å². The highest BCUT2D eigenvalue weighted by Gasteiger charge is 2.32. The van der Waals surface area contributed by atoms with Crippen LogP contribution in [0.4, 0.5) is 5.82 Å². The Kier molecular flexibility index (Phi) is 4.34. The van der Waals surface area contributed by atoms with Crippen molar-refractivity contribution < 1.29 is 9.59 Å². The quantitative estimate of drug-likeness (QED) is 0.817. The number of amides is 1. The fourth-order valence-electron chi connectivity index (χ4n) is 2.81. The largest absolute Gasteiger partial charge is 0.365 e. The number of hydrogen-bond acceptors (Lipinski definition) is 5. The molecule has 3 rings (SSSR count). The van der Waals surface area contributed by atoms with E-state index < -0.39 is 11.9 Å². The molecule has 1 atom stereocenters. The van der Waals surface area contributed by atoms with Gasteiger partial charge >= 0.3 is 0 Å². The van der Waals surface area contributed by atoms with Crippen molar-refractivity contribution in [1.82, 2.24) is 10.3 Å². The number of hydrogen-bond donors (Lipinski definition) is 2. The molecule has 23 heavy (non-hydrogen) atoms. The second-order valence-electron chi connectivity index (χ2n) is 5.38. The smallest absolute Gasteiger partial charge is 0.252 e. The van der Waals surface area contributed by atoms with Crippen molar-refractivity contribution in [1.29, 1.82) is 0 Å². The molecule has 1 unspecified atom stereocenters. The van der Waals surface area contributed by atoms with Crippen molar-refractivity contribution in [3.63, 3.8) is 0 Å². The first kappa shape index (κ1) is 15.2. The lowest BCUT2D eigenvalue weighted by Crippen LogP contribution is -2.55. The van der Waals surface area contributed by atoms with E-state index in [4.69, 9.17) is 5.73 Å². The molecule has 1 aliphatic rings. The van der Waals surface area contributed by atoms with E-state index in [2.05, 4.69) is 10.3 Å². The zero-order valence-electron chi connectivity index (χ0n) is 12.6. The van der Waals surface area contributed by atoms with Crippen molar-refractivity contribution in [3.05, 3.63) is 59.8 Å². The van der Waals surface area contributed by atoms with Gasteiger partial charge in [-0.3, -0.25) is 9.59 Å². The van der Waals surface area contributed by atoms with Gasteiger partial charge in [0.15, 0.2) is 5.78 Å². The normalized spacial score (nSPS) is 17.7. The number of pyridine rings is 1. The predicted molar refractivity (Wildman–Crippen MR) is 87.5 cm³/mol. The van der Waals surface area contributed by atoms with Gasteiger partial charge in [0.1, 0.15) is 11.9 Å². The van der Waals surface area contributed by atoms with Crippen LogP contribution in [-0.4, -0.2) is 42.4 Å². The molecular formula is C17H18N4O2. The first-order valence-electron chi connectivity index (χ1n) is 7.50. The maximum Gasteiger partial charge on any atom is 0.252 e. The summed E-state index contributed by atoms with van der Waals surface area (Å²) in [6, 6.07) is 12.0. The third-order valence-corrected chi connectivity index (χ3v) is 3.93. The summed E-state index contributed by atoms with van der Waals surface area (Å²) in [5.41, 5.74) is 6.42. The third kappa shape index (κ3) is 3.07. The Morgan fingerprint density at radius 2 is 1.96 bits per heavy atom. The van der Waals surface area contributed by atoms with Crippen LogP contribution < -0.4 is 16.0 Å². The van der Waals surface area contributed by atoms with Crippen LogP contribution in [0.1, 0.15) is 20.7 Å². The van der Waals surface area contributed by atoms with Gasteiger partial charge in [-0.25, -0.2) is 4.98 Å². The van der Waals surface area contributed by atoms with E-state index in [1.807, 2.05) is 23.1 Å². The Morgan fingerprint density at radius 1 is 1.17 bits per heavy atom. The highest BCUT2D eigenvalue weighted by molar-refractivity contribution is 6.04. The van der Waals surface area contributed by atoms with Crippen LogP contribution in [0.2, 0.25) is 0 Å². The summed E-state index contributed by atoms with van der Waals surface area (Å²) in [7, 11) is 0. The SMILES string of the molecule is NC(=O)c1cccnc1N1CCNCC1C(=O)c1ccccc1. The first-order chi connectivity index (χ1) is 11.2. The molecule has 3 N–H and O–H groups in total. The van der Waals surface area contributed by atoms with Gasteiger partial charge in [-0.1, -0.05) is 30.3 Å². The van der Waals surface area contributed by atoms with E-state index in [9.17, 15) is 9.59 Å². The number of primary amides is 1. The molecule has 2 heterocycles. The molecular weight excluding hydrogens is 292 g/mol. The molecule has 0 saturated carbocycles. The number of carbonyl (C=O) groups excluding carboxylic acids is 2. The van der Waals surface area contributed by atoms with Gasteiger partial charge in [0.2, 0.25) is 0 Å². The summed E-state index contributed by atoms with van der Waals surface area (Å²) >= 11 is 0. The standard InChI is InChI=1S/C17H18N4O2/c18-16(23)13-7-4-8-20-17(13)21-10-9-19-11-14(21)15(22)12-5-2-1-3-6-12/h1-8,14,19H,9-11H2,(H2,18,23). The van der Waals surface area contributed by atoms with Crippen LogP contribution in [0.3, 0.4) is 0 Å². The van der Waals surface area contributed by atoms with Crippen LogP contribution in [-0.2, 0) is 0 Å². The molecule has 0 bridgehead atoms. The Balaban J connectivity index is 1.97. The first-order valence-corrected chi connectivity index (χ1v) is 7.50. The third-order valence-electron chi connectivity index (χ3n) is 3.93. The Hall–Kier alpha value is -2.73. The summed E-state index contributed by atoms with van der Waals surface area (Å²) in [6.07, 6.45) is 1.61. The molecule has 1 aromatic carbocycles. The fourth-order valence-corrected chi connectivity index (χ4v) is 2.81. The zero-order valence-corrected chi connectivity index (χ0v) is 12.6. The topological polar surface area (TPSA) is 88.3 Å². The second kappa shape index (κ2) is 6.58. The van der Waals surface area contributed by atoms with Crippen LogP contribution in [0.25, 0.3) is 0 Å². The molecule has 1 amide bonds. The van der Waals surface area contributed by atoms with Gasteiger partial charge in [-0.2, -0.15) is 0 Å². The molecule has 6 nitrogen and oxygen atoms in total. The van der Waals surface area contributed by atoms with Crippen LogP contribution in [0.5, 0.6) is 0 Å². The number of piperazine rings is 1. The van der Waals surface area contributed by atoms with Crippen molar-refractivity contribution in [2.75, 3.05) is 24.5 Å². The number of rotatable bonds is 4. The fraction of sp³-hybridized carbons (Fsp3) is 0.235. The Labute approximate surface area is 134 Å². The van der Waals surface area contributed by atoms with Gasteiger partial charge in [-0.05, 0) is 12.1 Å². The average molecular weight is 310 g/mol. The Bertz CT molecular complexity index is 718. The van der Waals surface area contributed by atoms with Gasteiger partial charge in [0, 0.05) is 31.4 Å². The molecule has 1 saturated heterocycles. The monoisotopic (exact) mass is 310 g/mol. The number of ketones is 1. The lowest BCUT2D eigenvalue weighted by atomic mass is 10.0. The van der Waals surface area contributed by atoms with Gasteiger partial charge in [-0.15, -0.1) is 0 Å². The average Bonchev–Trinajstić information content (AvgIpc) is 2.62. The number of carbonyl (C=O) groups is 2. The number of aromatic nitrogens is 1. The summed E-state index contributed by atoms with van der Waals surface area (Å²) in [6.45, 7) is 1.80. The number of benzene rings is 1. The summed E-state index contributed by atoms with van der Waals surface area (Å²) in [4.78, 5) is 30.7. The van der Waals surface area contributed by atoms with E-state index in [0.29, 0.717) is 36.6 Å². The highest BCUT2D eigenvalue weighted by Crippen LogP contribution is 2.22. The molecule has 118 valence electrons. The molecule has 6 heteroatoms. The van der Waals surface area contributed by atoms with Crippen LogP contribution in [0.15, 0.2) is 48.7 Å². The minimum atomic E-state index is -0.544. The molecule has 1 aliphatic heterocycles. The van der Waals surface area contributed by atoms with E-state index >= 15 is 0 Å². The predicted octanol–water partition coefficient (Wildman–Crippen LogP) is 0.842. The molecule has 0 spiro atoms. The van der Waals surface area contributed by atoms with E-state index in [0.717, 1.165) is 0 Å². The van der Waals surface area contributed by atoms with Crippen molar-refractivity contribution in [2.45, 2.75) is 6.04 Å². The van der Waals surface area contributed by atoms with Crippen molar-refractivity contribution >= 4 is 17.5 Å². The van der Waals surface area contributed by atoms with E-state index in [1.54, 1.807) is 30.5 Å². The number of Topliss-reactive ketones (excluding diaryl/α,β-unsaturated/α-hetero) is 1. The lowest BCUT2D eigenvalue weighted by molar-refractivity contribution is 0.0946. The second-order valence-corrected chi connectivity index (χ2v) is 5.38. The van der Waals surface area contributed by atoms with Crippen molar-refractivity contribution in [2.24, 2.45) is 5.73 Å². The number of anilines is 1. The maximum absolute atomic E-state index is 12.8. The number of nitrogens with two attached hydrogens (primary N) is 1. The molecule has 1 fully saturated rings. The minimum Gasteiger partial charge on any atom is -0.365 e. The molecule has 0 aliphatic carbocycles. The highest BCUT2D eigenvalue weighted by atomic mass is 16.1. The summed E-state index contributed by atoms with van der Waals surface area (Å²) in [5.74, 6) is -0.0767. The molecule has 1 aromatic heterocycles. The minimum absolute atomic E-state index is 0.00104. The maximum atomic E-state index is 12.8. The van der Waals surface area contributed by atoms with Crippen LogP contribution >= 0.6 is 0 Å². The van der Waals surface area contributed by atoms with E-state index in [1.165, 1.54) is 0 Å². The molecule has 2 aromatic rings. The van der Waals surface area contributed by atoms with Crippen LogP contribution in [0, 0.1) is 0 Å². The summed E-state index contributed by atoms with van der Waals surface area (Å²) in [5, 5.41) is 3.23. The zero-order chi connectivity index (χ0) is 16.2. The number of nitrogens with one attached hydrogen (secondary N) is 1. The van der Waals surface area contributed by atoms with Gasteiger partial charge in [0.25, 0.3) is 5.91 Å². The van der Waals surface area contributed by atoms with Gasteiger partial charge < -0.3 is 16.0 Å². The van der Waals surface area contributed by atoms with Gasteiger partial charge in [0.05, 0.1) is 5.56 Å². The number of nitrogens with zero attached hydrogens (tertiary/aromatic N) is 2. The van der Waals surface area contributed by atoms with E-state index in [-0.39, 0.29) is 5.78 Å². The Morgan fingerprint density at radius 3 is 2.70 bits per heavy atom.